The normalized spacial score (nSPS) is 12.8. The van der Waals surface area contributed by atoms with Crippen molar-refractivity contribution in [2.45, 2.75) is 102 Å². The molecular weight excluding hydrogens is 268 g/mol. The van der Waals surface area contributed by atoms with Crippen LogP contribution < -0.4 is 0 Å². The largest absolute Gasteiger partial charge is 0.179 e. The SMILES string of the molecule is CCCCCCCCCC(S)CCCCCCCS. The maximum absolute atomic E-state index is 4.72. The lowest BCUT2D eigenvalue weighted by molar-refractivity contribution is 0.543. The molecule has 0 rings (SSSR count). The highest BCUT2D eigenvalue weighted by atomic mass is 32.1. The van der Waals surface area contributed by atoms with E-state index in [1.807, 2.05) is 0 Å². The van der Waals surface area contributed by atoms with Crippen LogP contribution in [0.5, 0.6) is 0 Å². The van der Waals surface area contributed by atoms with Gasteiger partial charge in [-0.15, -0.1) is 0 Å². The summed E-state index contributed by atoms with van der Waals surface area (Å²) in [5.74, 6) is 1.05. The second-order valence-electron chi connectivity index (χ2n) is 5.84. The van der Waals surface area contributed by atoms with Gasteiger partial charge in [0, 0.05) is 5.25 Å². The van der Waals surface area contributed by atoms with Crippen LogP contribution in [0.25, 0.3) is 0 Å². The quantitative estimate of drug-likeness (QED) is 0.244. The molecule has 0 spiro atoms. The summed E-state index contributed by atoms with van der Waals surface area (Å²) in [6.45, 7) is 2.28. The Morgan fingerprint density at radius 3 is 1.53 bits per heavy atom. The molecule has 0 fully saturated rings. The van der Waals surface area contributed by atoms with Crippen molar-refractivity contribution in [2.75, 3.05) is 5.75 Å². The van der Waals surface area contributed by atoms with E-state index in [0.29, 0.717) is 5.25 Å². The summed E-state index contributed by atoms with van der Waals surface area (Å²) < 4.78 is 0. The van der Waals surface area contributed by atoms with Crippen LogP contribution in [0.3, 0.4) is 0 Å². The van der Waals surface area contributed by atoms with Crippen LogP contribution in [-0.2, 0) is 0 Å². The molecule has 0 aromatic heterocycles. The highest BCUT2D eigenvalue weighted by Crippen LogP contribution is 2.17. The van der Waals surface area contributed by atoms with Gasteiger partial charge in [0.15, 0.2) is 0 Å². The van der Waals surface area contributed by atoms with Crippen LogP contribution in [0.1, 0.15) is 96.8 Å². The minimum absolute atomic E-state index is 0.653. The van der Waals surface area contributed by atoms with Crippen LogP contribution >= 0.6 is 25.3 Å². The Morgan fingerprint density at radius 1 is 0.632 bits per heavy atom. The van der Waals surface area contributed by atoms with Crippen molar-refractivity contribution in [3.05, 3.63) is 0 Å². The van der Waals surface area contributed by atoms with E-state index < -0.39 is 0 Å². The lowest BCUT2D eigenvalue weighted by Crippen LogP contribution is -1.98. The molecule has 19 heavy (non-hydrogen) atoms. The van der Waals surface area contributed by atoms with Gasteiger partial charge >= 0.3 is 0 Å². The molecule has 0 bridgehead atoms. The van der Waals surface area contributed by atoms with Crippen molar-refractivity contribution < 1.29 is 0 Å². The Hall–Kier alpha value is 0.700. The minimum Gasteiger partial charge on any atom is -0.179 e. The van der Waals surface area contributed by atoms with Crippen molar-refractivity contribution in [3.63, 3.8) is 0 Å². The number of unbranched alkanes of at least 4 members (excludes halogenated alkanes) is 10. The summed E-state index contributed by atoms with van der Waals surface area (Å²) >= 11 is 8.96. The molecule has 1 atom stereocenters. The Kier molecular flexibility index (Phi) is 17.4. The Balaban J connectivity index is 3.10. The zero-order valence-corrected chi connectivity index (χ0v) is 14.9. The van der Waals surface area contributed by atoms with Crippen LogP contribution in [0.15, 0.2) is 0 Å². The molecule has 0 saturated heterocycles. The average molecular weight is 305 g/mol. The molecule has 0 amide bonds. The zero-order valence-electron chi connectivity index (χ0n) is 13.1. The molecule has 0 nitrogen and oxygen atoms in total. The molecule has 1 unspecified atom stereocenters. The number of hydrogen-bond donors (Lipinski definition) is 2. The van der Waals surface area contributed by atoms with Gasteiger partial charge in [-0.25, -0.2) is 0 Å². The third-order valence-corrected chi connectivity index (χ3v) is 4.67. The molecule has 0 aliphatic rings. The number of hydrogen-bond acceptors (Lipinski definition) is 2. The summed E-state index contributed by atoms with van der Waals surface area (Å²) in [4.78, 5) is 0. The first kappa shape index (κ1) is 19.7. The second kappa shape index (κ2) is 16.8. The van der Waals surface area contributed by atoms with Gasteiger partial charge in [0.05, 0.1) is 0 Å². The summed E-state index contributed by atoms with van der Waals surface area (Å²) in [5.41, 5.74) is 0. The molecular formula is C17H36S2. The van der Waals surface area contributed by atoms with Crippen molar-refractivity contribution in [1.29, 1.82) is 0 Å². The van der Waals surface area contributed by atoms with Crippen LogP contribution in [-0.4, -0.2) is 11.0 Å². The van der Waals surface area contributed by atoms with E-state index >= 15 is 0 Å². The third-order valence-electron chi connectivity index (χ3n) is 3.84. The Bertz CT molecular complexity index is 159. The fourth-order valence-corrected chi connectivity index (χ4v) is 3.09. The molecule has 0 aliphatic carbocycles. The van der Waals surface area contributed by atoms with Gasteiger partial charge in [-0.2, -0.15) is 25.3 Å². The Morgan fingerprint density at radius 2 is 1.05 bits per heavy atom. The van der Waals surface area contributed by atoms with E-state index in [1.165, 1.54) is 89.9 Å². The van der Waals surface area contributed by atoms with Crippen LogP contribution in [0.2, 0.25) is 0 Å². The van der Waals surface area contributed by atoms with Gasteiger partial charge in [-0.05, 0) is 25.0 Å². The lowest BCUT2D eigenvalue weighted by Gasteiger charge is -2.10. The van der Waals surface area contributed by atoms with Gasteiger partial charge in [0.1, 0.15) is 0 Å². The average Bonchev–Trinajstić information content (AvgIpc) is 2.41. The van der Waals surface area contributed by atoms with Crippen molar-refractivity contribution in [1.82, 2.24) is 0 Å². The summed E-state index contributed by atoms with van der Waals surface area (Å²) in [6, 6.07) is 0. The standard InChI is InChI=1S/C17H36S2/c1-2-3-4-5-6-8-11-14-17(19)15-12-9-7-10-13-16-18/h17-19H,2-16H2,1H3. The molecule has 0 heterocycles. The van der Waals surface area contributed by atoms with Crippen molar-refractivity contribution in [2.24, 2.45) is 0 Å². The molecule has 2 heteroatoms. The van der Waals surface area contributed by atoms with Crippen molar-refractivity contribution in [3.8, 4) is 0 Å². The first-order valence-corrected chi connectivity index (χ1v) is 9.75. The first-order chi connectivity index (χ1) is 9.31. The van der Waals surface area contributed by atoms with E-state index in [9.17, 15) is 0 Å². The van der Waals surface area contributed by atoms with E-state index in [4.69, 9.17) is 12.6 Å². The van der Waals surface area contributed by atoms with Gasteiger partial charge in [-0.3, -0.25) is 0 Å². The highest BCUT2D eigenvalue weighted by molar-refractivity contribution is 7.81. The summed E-state index contributed by atoms with van der Waals surface area (Å²) in [5, 5.41) is 0.653. The zero-order chi connectivity index (χ0) is 14.2. The fraction of sp³-hybridized carbons (Fsp3) is 1.00. The van der Waals surface area contributed by atoms with Crippen LogP contribution in [0, 0.1) is 0 Å². The van der Waals surface area contributed by atoms with Gasteiger partial charge in [-0.1, -0.05) is 77.6 Å². The molecule has 116 valence electrons. The fourth-order valence-electron chi connectivity index (χ4n) is 2.50. The number of thiol groups is 2. The molecule has 0 aliphatic heterocycles. The third kappa shape index (κ3) is 16.6. The maximum atomic E-state index is 4.72. The van der Waals surface area contributed by atoms with Gasteiger partial charge in [0.25, 0.3) is 0 Å². The van der Waals surface area contributed by atoms with E-state index in [1.54, 1.807) is 0 Å². The monoisotopic (exact) mass is 304 g/mol. The van der Waals surface area contributed by atoms with Crippen LogP contribution in [0.4, 0.5) is 0 Å². The van der Waals surface area contributed by atoms with E-state index in [-0.39, 0.29) is 0 Å². The van der Waals surface area contributed by atoms with Gasteiger partial charge in [0.2, 0.25) is 0 Å². The molecule has 0 saturated carbocycles. The van der Waals surface area contributed by atoms with E-state index in [0.717, 1.165) is 5.75 Å². The molecule has 0 radical (unpaired) electrons. The second-order valence-corrected chi connectivity index (χ2v) is 7.02. The maximum Gasteiger partial charge on any atom is 0.00168 e. The summed E-state index contributed by atoms with van der Waals surface area (Å²) in [6.07, 6.45) is 19.3. The van der Waals surface area contributed by atoms with Gasteiger partial charge < -0.3 is 0 Å². The topological polar surface area (TPSA) is 0 Å². The van der Waals surface area contributed by atoms with E-state index in [2.05, 4.69) is 19.6 Å². The first-order valence-electron chi connectivity index (χ1n) is 8.60. The predicted octanol–water partition coefficient (Wildman–Crippen LogP) is 6.70. The molecule has 0 N–H and O–H groups in total. The molecule has 0 aromatic rings. The minimum atomic E-state index is 0.653. The molecule has 0 aromatic carbocycles. The van der Waals surface area contributed by atoms with Crippen molar-refractivity contribution >= 4 is 25.3 Å². The number of rotatable bonds is 15. The summed E-state index contributed by atoms with van der Waals surface area (Å²) in [7, 11) is 0. The smallest absolute Gasteiger partial charge is 0.00168 e. The predicted molar refractivity (Wildman–Crippen MR) is 96.9 cm³/mol. The highest BCUT2D eigenvalue weighted by Gasteiger charge is 2.02. The Labute approximate surface area is 133 Å². The lowest BCUT2D eigenvalue weighted by atomic mass is 10.0.